The fraction of sp³-hybridized carbons (Fsp3) is 0.229. The van der Waals surface area contributed by atoms with Gasteiger partial charge >= 0.3 is 0 Å². The number of nitrogens with zero attached hydrogens (tertiary/aromatic N) is 2. The van der Waals surface area contributed by atoms with Crippen molar-refractivity contribution in [2.75, 3.05) is 23.7 Å². The van der Waals surface area contributed by atoms with Crippen molar-refractivity contribution in [3.05, 3.63) is 125 Å². The summed E-state index contributed by atoms with van der Waals surface area (Å²) in [4.78, 5) is 33.8. The van der Waals surface area contributed by atoms with E-state index in [1.165, 1.54) is 24.8 Å². The van der Waals surface area contributed by atoms with E-state index < -0.39 is 0 Å². The van der Waals surface area contributed by atoms with E-state index in [0.717, 1.165) is 30.9 Å². The average molecular weight is 558 g/mol. The highest BCUT2D eigenvalue weighted by Gasteiger charge is 2.30. The fourth-order valence-corrected chi connectivity index (χ4v) is 5.69. The summed E-state index contributed by atoms with van der Waals surface area (Å²) in [7, 11) is 0. The number of rotatable bonds is 8. The van der Waals surface area contributed by atoms with Gasteiger partial charge in [-0.1, -0.05) is 55.0 Å². The smallest absolute Gasteiger partial charge is 0.258 e. The predicted molar refractivity (Wildman–Crippen MR) is 168 cm³/mol. The minimum atomic E-state index is -0.238. The summed E-state index contributed by atoms with van der Waals surface area (Å²) < 4.78 is 0. The van der Waals surface area contributed by atoms with Gasteiger partial charge in [0.15, 0.2) is 0 Å². The van der Waals surface area contributed by atoms with E-state index in [0.29, 0.717) is 33.8 Å². The SMILES string of the molecule is C[C@@H](NC(=O)c1ccc2c(c1)/C(=C(/Nc1cccc(CN3CCCCC3)c1)c1ccccn1)C(=O)N2)c1ccccc1. The lowest BCUT2D eigenvalue weighted by molar-refractivity contribution is -0.110. The normalized spacial score (nSPS) is 16.7. The Hall–Kier alpha value is -4.75. The molecular formula is C35H35N5O2. The number of amides is 2. The summed E-state index contributed by atoms with van der Waals surface area (Å²) in [5.41, 5.74) is 6.62. The van der Waals surface area contributed by atoms with Crippen LogP contribution in [0.15, 0.2) is 97.2 Å². The van der Waals surface area contributed by atoms with E-state index in [1.807, 2.05) is 67.6 Å². The summed E-state index contributed by atoms with van der Waals surface area (Å²) in [6, 6.07) is 29.0. The number of nitrogens with one attached hydrogen (secondary N) is 3. The lowest BCUT2D eigenvalue weighted by Gasteiger charge is -2.26. The molecule has 0 spiro atoms. The van der Waals surface area contributed by atoms with E-state index >= 15 is 0 Å². The minimum absolute atomic E-state index is 0.162. The minimum Gasteiger partial charge on any atom is -0.353 e. The lowest BCUT2D eigenvalue weighted by Crippen LogP contribution is -2.29. The summed E-state index contributed by atoms with van der Waals surface area (Å²) >= 11 is 0. The summed E-state index contributed by atoms with van der Waals surface area (Å²) in [5, 5.41) is 9.58. The first-order valence-electron chi connectivity index (χ1n) is 14.6. The third-order valence-electron chi connectivity index (χ3n) is 7.90. The number of aromatic nitrogens is 1. The molecule has 0 radical (unpaired) electrons. The second-order valence-electron chi connectivity index (χ2n) is 10.9. The molecule has 2 amide bonds. The molecule has 212 valence electrons. The highest BCUT2D eigenvalue weighted by molar-refractivity contribution is 6.37. The molecule has 42 heavy (non-hydrogen) atoms. The molecule has 1 atom stereocenters. The molecule has 7 heteroatoms. The van der Waals surface area contributed by atoms with Crippen LogP contribution in [-0.2, 0) is 11.3 Å². The van der Waals surface area contributed by atoms with E-state index in [9.17, 15) is 9.59 Å². The molecule has 0 saturated carbocycles. The van der Waals surface area contributed by atoms with E-state index in [-0.39, 0.29) is 17.9 Å². The first kappa shape index (κ1) is 27.4. The molecule has 2 aliphatic rings. The zero-order chi connectivity index (χ0) is 28.9. The van der Waals surface area contributed by atoms with Crippen molar-refractivity contribution in [1.29, 1.82) is 0 Å². The third kappa shape index (κ3) is 6.11. The zero-order valence-electron chi connectivity index (χ0n) is 23.8. The number of pyridine rings is 1. The van der Waals surface area contributed by atoms with Crippen molar-refractivity contribution in [3.63, 3.8) is 0 Å². The number of piperidine rings is 1. The van der Waals surface area contributed by atoms with E-state index in [4.69, 9.17) is 0 Å². The van der Waals surface area contributed by atoms with Crippen LogP contribution in [0, 0.1) is 0 Å². The van der Waals surface area contributed by atoms with Gasteiger partial charge in [0, 0.05) is 35.2 Å². The van der Waals surface area contributed by atoms with Crippen molar-refractivity contribution in [2.24, 2.45) is 0 Å². The Morgan fingerprint density at radius 1 is 0.929 bits per heavy atom. The Bertz CT molecular complexity index is 1610. The molecule has 6 rings (SSSR count). The van der Waals surface area contributed by atoms with Gasteiger partial charge in [-0.3, -0.25) is 19.5 Å². The number of fused-ring (bicyclic) bond motifs is 1. The van der Waals surface area contributed by atoms with E-state index in [2.05, 4.69) is 38.0 Å². The van der Waals surface area contributed by atoms with Crippen molar-refractivity contribution in [2.45, 2.75) is 38.8 Å². The predicted octanol–water partition coefficient (Wildman–Crippen LogP) is 6.49. The van der Waals surface area contributed by atoms with Crippen LogP contribution in [-0.4, -0.2) is 34.8 Å². The van der Waals surface area contributed by atoms with Crippen molar-refractivity contribution in [1.82, 2.24) is 15.2 Å². The van der Waals surface area contributed by atoms with Crippen molar-refractivity contribution >= 4 is 34.5 Å². The molecule has 3 aromatic carbocycles. The summed E-state index contributed by atoms with van der Waals surface area (Å²) in [6.07, 6.45) is 5.51. The van der Waals surface area contributed by atoms with Crippen LogP contribution in [0.1, 0.15) is 65.0 Å². The molecular weight excluding hydrogens is 522 g/mol. The second-order valence-corrected chi connectivity index (χ2v) is 10.9. The fourth-order valence-electron chi connectivity index (χ4n) is 5.69. The van der Waals surface area contributed by atoms with Gasteiger partial charge in [-0.05, 0) is 86.4 Å². The Labute approximate surface area is 246 Å². The van der Waals surface area contributed by atoms with Gasteiger partial charge in [0.05, 0.1) is 23.0 Å². The highest BCUT2D eigenvalue weighted by Crippen LogP contribution is 2.38. The molecule has 7 nitrogen and oxygen atoms in total. The van der Waals surface area contributed by atoms with Gasteiger partial charge in [-0.15, -0.1) is 0 Å². The maximum Gasteiger partial charge on any atom is 0.258 e. The first-order valence-corrected chi connectivity index (χ1v) is 14.6. The quantitative estimate of drug-likeness (QED) is 0.216. The van der Waals surface area contributed by atoms with Gasteiger partial charge in [-0.25, -0.2) is 0 Å². The highest BCUT2D eigenvalue weighted by atomic mass is 16.2. The largest absolute Gasteiger partial charge is 0.353 e. The molecule has 1 saturated heterocycles. The van der Waals surface area contributed by atoms with Gasteiger partial charge in [0.1, 0.15) is 0 Å². The Balaban J connectivity index is 1.33. The number of carbonyl (C=O) groups excluding carboxylic acids is 2. The van der Waals surface area contributed by atoms with Crippen LogP contribution in [0.25, 0.3) is 11.3 Å². The van der Waals surface area contributed by atoms with Gasteiger partial charge < -0.3 is 16.0 Å². The third-order valence-corrected chi connectivity index (χ3v) is 7.90. The molecule has 0 aliphatic carbocycles. The second kappa shape index (κ2) is 12.4. The van der Waals surface area contributed by atoms with Crippen LogP contribution >= 0.6 is 0 Å². The molecule has 1 aromatic heterocycles. The molecule has 1 fully saturated rings. The van der Waals surface area contributed by atoms with Gasteiger partial charge in [0.2, 0.25) is 0 Å². The van der Waals surface area contributed by atoms with Gasteiger partial charge in [0.25, 0.3) is 11.8 Å². The van der Waals surface area contributed by atoms with Crippen molar-refractivity contribution < 1.29 is 9.59 Å². The molecule has 2 aliphatic heterocycles. The Morgan fingerprint density at radius 2 is 1.74 bits per heavy atom. The summed E-state index contributed by atoms with van der Waals surface area (Å²) in [5.74, 6) is -0.441. The maximum absolute atomic E-state index is 13.5. The Morgan fingerprint density at radius 3 is 2.52 bits per heavy atom. The maximum atomic E-state index is 13.5. The number of hydrogen-bond acceptors (Lipinski definition) is 5. The molecule has 0 unspecified atom stereocenters. The first-order chi connectivity index (χ1) is 20.5. The molecule has 3 heterocycles. The Kier molecular flexibility index (Phi) is 8.10. The number of hydrogen-bond donors (Lipinski definition) is 3. The monoisotopic (exact) mass is 557 g/mol. The summed E-state index contributed by atoms with van der Waals surface area (Å²) in [6.45, 7) is 5.10. The van der Waals surface area contributed by atoms with Crippen LogP contribution in [0.3, 0.4) is 0 Å². The molecule has 0 bridgehead atoms. The molecule has 3 N–H and O–H groups in total. The van der Waals surface area contributed by atoms with Crippen molar-refractivity contribution in [3.8, 4) is 0 Å². The number of anilines is 2. The standard InChI is InChI=1S/C35H35N5O2/c1-24(26-12-4-2-5-13-26)37-34(41)27-16-17-30-29(22-27)32(35(42)39-30)33(31-15-6-7-18-36-31)38-28-14-10-11-25(21-28)23-40-19-8-3-9-20-40/h2,4-7,10-18,21-22,24,38H,3,8-9,19-20,23H2,1H3,(H,37,41)(H,39,42)/b33-32-/t24-/m1/s1. The van der Waals surface area contributed by atoms with Crippen LogP contribution in [0.2, 0.25) is 0 Å². The topological polar surface area (TPSA) is 86.4 Å². The molecule has 4 aromatic rings. The van der Waals surface area contributed by atoms with Crippen LogP contribution < -0.4 is 16.0 Å². The average Bonchev–Trinajstić information content (AvgIpc) is 3.36. The van der Waals surface area contributed by atoms with Crippen LogP contribution in [0.4, 0.5) is 11.4 Å². The van der Waals surface area contributed by atoms with Crippen LogP contribution in [0.5, 0.6) is 0 Å². The van der Waals surface area contributed by atoms with E-state index in [1.54, 1.807) is 24.4 Å². The zero-order valence-corrected chi connectivity index (χ0v) is 23.8. The number of carbonyl (C=O) groups is 2. The lowest BCUT2D eigenvalue weighted by atomic mass is 9.99. The van der Waals surface area contributed by atoms with Gasteiger partial charge in [-0.2, -0.15) is 0 Å². The number of benzene rings is 3. The number of likely N-dealkylation sites (tertiary alicyclic amines) is 1.